The van der Waals surface area contributed by atoms with E-state index in [2.05, 4.69) is 72.9 Å². The van der Waals surface area contributed by atoms with Crippen LogP contribution in [0.4, 0.5) is 0 Å². The van der Waals surface area contributed by atoms with E-state index in [0.29, 0.717) is 16.9 Å². The quantitative estimate of drug-likeness (QED) is 0.732. The van der Waals surface area contributed by atoms with Gasteiger partial charge in [0.2, 0.25) is 0 Å². The van der Waals surface area contributed by atoms with Gasteiger partial charge in [-0.3, -0.25) is 0 Å². The summed E-state index contributed by atoms with van der Waals surface area (Å²) in [6.45, 7) is 3.46. The second-order valence-corrected chi connectivity index (χ2v) is 9.56. The van der Waals surface area contributed by atoms with Crippen molar-refractivity contribution in [2.75, 3.05) is 0 Å². The molecule has 1 heteroatoms. The molecule has 6 rings (SSSR count). The molecule has 3 unspecified atom stereocenters. The van der Waals surface area contributed by atoms with Gasteiger partial charge in [-0.2, -0.15) is 0 Å². The Balaban J connectivity index is 1.40. The molecule has 1 N–H and O–H groups in total. The topological polar surface area (TPSA) is 12.0 Å². The van der Waals surface area contributed by atoms with E-state index in [9.17, 15) is 0 Å². The fourth-order valence-corrected chi connectivity index (χ4v) is 7.05. The van der Waals surface area contributed by atoms with Crippen molar-refractivity contribution in [1.29, 1.82) is 0 Å². The zero-order valence-electron chi connectivity index (χ0n) is 16.0. The van der Waals surface area contributed by atoms with E-state index in [0.717, 1.165) is 18.4 Å². The Kier molecular flexibility index (Phi) is 3.97. The zero-order valence-corrected chi connectivity index (χ0v) is 16.0. The molecule has 1 nitrogen and oxygen atoms in total. The molecule has 0 aromatic heterocycles. The third kappa shape index (κ3) is 2.72. The Morgan fingerprint density at radius 1 is 0.885 bits per heavy atom. The highest BCUT2D eigenvalue weighted by molar-refractivity contribution is 5.31. The molecule has 2 aromatic carbocycles. The van der Waals surface area contributed by atoms with Gasteiger partial charge in [-0.05, 0) is 79.2 Å². The number of hydrogen-bond acceptors (Lipinski definition) is 1. The summed E-state index contributed by atoms with van der Waals surface area (Å²) in [5.41, 5.74) is 3.97. The van der Waals surface area contributed by atoms with Crippen molar-refractivity contribution < 1.29 is 0 Å². The highest BCUT2D eigenvalue weighted by Crippen LogP contribution is 2.66. The Labute approximate surface area is 158 Å². The van der Waals surface area contributed by atoms with Gasteiger partial charge < -0.3 is 5.32 Å². The van der Waals surface area contributed by atoms with E-state index in [-0.39, 0.29) is 0 Å². The number of hydrogen-bond donors (Lipinski definition) is 1. The molecule has 0 spiro atoms. The first-order chi connectivity index (χ1) is 12.7. The van der Waals surface area contributed by atoms with E-state index >= 15 is 0 Å². The Morgan fingerprint density at radius 2 is 1.50 bits per heavy atom. The van der Waals surface area contributed by atoms with Crippen LogP contribution >= 0.6 is 0 Å². The number of benzene rings is 2. The van der Waals surface area contributed by atoms with Crippen LogP contribution in [0.2, 0.25) is 0 Å². The molecule has 4 aliphatic carbocycles. The number of rotatable bonds is 5. The van der Waals surface area contributed by atoms with Gasteiger partial charge >= 0.3 is 0 Å². The van der Waals surface area contributed by atoms with E-state index in [4.69, 9.17) is 0 Å². The third-order valence-electron chi connectivity index (χ3n) is 7.87. The first-order valence-electron chi connectivity index (χ1n) is 10.5. The minimum Gasteiger partial charge on any atom is -0.310 e. The van der Waals surface area contributed by atoms with Crippen LogP contribution < -0.4 is 5.32 Å². The van der Waals surface area contributed by atoms with Crippen molar-refractivity contribution in [3.63, 3.8) is 0 Å². The minimum absolute atomic E-state index is 0.452. The fraction of sp³-hybridized carbons (Fsp3) is 0.520. The Bertz CT molecular complexity index is 736. The smallest absolute Gasteiger partial charge is 0.0208 e. The molecule has 0 saturated heterocycles. The van der Waals surface area contributed by atoms with Crippen molar-refractivity contribution in [3.8, 4) is 0 Å². The minimum atomic E-state index is 0.452. The van der Waals surface area contributed by atoms with Gasteiger partial charge in [0.1, 0.15) is 0 Å². The van der Waals surface area contributed by atoms with Crippen molar-refractivity contribution in [2.45, 2.75) is 63.5 Å². The zero-order chi connectivity index (χ0) is 17.6. The maximum Gasteiger partial charge on any atom is 0.0208 e. The van der Waals surface area contributed by atoms with Gasteiger partial charge in [0.05, 0.1) is 0 Å². The average molecular weight is 346 g/mol. The fourth-order valence-electron chi connectivity index (χ4n) is 7.05. The second-order valence-electron chi connectivity index (χ2n) is 9.56. The van der Waals surface area contributed by atoms with Crippen LogP contribution in [-0.4, -0.2) is 6.04 Å². The van der Waals surface area contributed by atoms with E-state index < -0.39 is 0 Å². The van der Waals surface area contributed by atoms with Crippen LogP contribution in [0.5, 0.6) is 0 Å². The van der Waals surface area contributed by atoms with Crippen molar-refractivity contribution >= 4 is 0 Å². The maximum atomic E-state index is 3.92. The largest absolute Gasteiger partial charge is 0.310 e. The Morgan fingerprint density at radius 3 is 2.15 bits per heavy atom. The molecule has 2 aromatic rings. The molecule has 4 saturated carbocycles. The standard InChI is InChI=1S/C25H31N/c1-19(26-17-20-8-4-2-5-9-20)24-13-21-12-22(14-24)16-25(15-21,18-24)23-10-6-3-7-11-23/h2-11,19,21-22,26H,12-18H2,1H3. The molecule has 4 fully saturated rings. The lowest BCUT2D eigenvalue weighted by molar-refractivity contribution is -0.0883. The lowest BCUT2D eigenvalue weighted by Gasteiger charge is -2.64. The molecule has 26 heavy (non-hydrogen) atoms. The molecule has 3 atom stereocenters. The van der Waals surface area contributed by atoms with Gasteiger partial charge in [-0.15, -0.1) is 0 Å². The lowest BCUT2D eigenvalue weighted by atomic mass is 9.41. The first kappa shape index (κ1) is 16.6. The third-order valence-corrected chi connectivity index (χ3v) is 7.87. The van der Waals surface area contributed by atoms with Gasteiger partial charge in [0.15, 0.2) is 0 Å². The molecule has 4 aliphatic rings. The van der Waals surface area contributed by atoms with Gasteiger partial charge in [0.25, 0.3) is 0 Å². The molecule has 0 heterocycles. The van der Waals surface area contributed by atoms with E-state index in [1.54, 1.807) is 5.56 Å². The summed E-state index contributed by atoms with van der Waals surface area (Å²) in [5.74, 6) is 1.88. The van der Waals surface area contributed by atoms with Crippen LogP contribution in [0.1, 0.15) is 56.6 Å². The lowest BCUT2D eigenvalue weighted by Crippen LogP contribution is -2.59. The maximum absolute atomic E-state index is 3.92. The molecule has 0 radical (unpaired) electrons. The number of nitrogens with one attached hydrogen (secondary N) is 1. The molecular weight excluding hydrogens is 314 g/mol. The van der Waals surface area contributed by atoms with Crippen molar-refractivity contribution in [2.24, 2.45) is 17.3 Å². The van der Waals surface area contributed by atoms with Crippen molar-refractivity contribution in [1.82, 2.24) is 5.32 Å². The van der Waals surface area contributed by atoms with Crippen LogP contribution in [0, 0.1) is 17.3 Å². The molecule has 4 bridgehead atoms. The van der Waals surface area contributed by atoms with E-state index in [1.165, 1.54) is 44.1 Å². The van der Waals surface area contributed by atoms with Gasteiger partial charge in [-0.1, -0.05) is 60.7 Å². The highest BCUT2D eigenvalue weighted by Gasteiger charge is 2.59. The van der Waals surface area contributed by atoms with Crippen LogP contribution in [-0.2, 0) is 12.0 Å². The van der Waals surface area contributed by atoms with Gasteiger partial charge in [-0.25, -0.2) is 0 Å². The summed E-state index contributed by atoms with van der Waals surface area (Å²) in [6, 6.07) is 23.0. The summed E-state index contributed by atoms with van der Waals surface area (Å²) in [4.78, 5) is 0. The molecule has 0 amide bonds. The highest BCUT2D eigenvalue weighted by atomic mass is 14.9. The summed E-state index contributed by atoms with van der Waals surface area (Å²) in [5, 5.41) is 3.92. The monoisotopic (exact) mass is 345 g/mol. The van der Waals surface area contributed by atoms with Crippen molar-refractivity contribution in [3.05, 3.63) is 71.8 Å². The average Bonchev–Trinajstić information content (AvgIpc) is 2.66. The molecule has 136 valence electrons. The SMILES string of the molecule is CC(NCc1ccccc1)C12CC3CC(CC(c4ccccc4)(C3)C1)C2. The van der Waals surface area contributed by atoms with Gasteiger partial charge in [0, 0.05) is 12.6 Å². The summed E-state index contributed by atoms with van der Waals surface area (Å²) in [6.07, 6.45) is 8.63. The summed E-state index contributed by atoms with van der Waals surface area (Å²) in [7, 11) is 0. The van der Waals surface area contributed by atoms with Crippen LogP contribution in [0.3, 0.4) is 0 Å². The van der Waals surface area contributed by atoms with E-state index in [1.807, 2.05) is 0 Å². The van der Waals surface area contributed by atoms with Crippen LogP contribution in [0.15, 0.2) is 60.7 Å². The second kappa shape index (κ2) is 6.23. The first-order valence-corrected chi connectivity index (χ1v) is 10.5. The predicted molar refractivity (Wildman–Crippen MR) is 108 cm³/mol. The summed E-state index contributed by atoms with van der Waals surface area (Å²) >= 11 is 0. The normalized spacial score (nSPS) is 36.2. The Hall–Kier alpha value is -1.60. The predicted octanol–water partition coefficient (Wildman–Crippen LogP) is 5.70. The van der Waals surface area contributed by atoms with Crippen LogP contribution in [0.25, 0.3) is 0 Å². The molecule has 0 aliphatic heterocycles. The summed E-state index contributed by atoms with van der Waals surface area (Å²) < 4.78 is 0. The molecular formula is C25H31N.